The minimum Gasteiger partial charge on any atom is -0.475 e. The van der Waals surface area contributed by atoms with E-state index in [1.165, 1.54) is 0 Å². The number of aryl methyl sites for hydroxylation is 1. The number of carboxylic acid groups (broad SMARTS) is 1. The molecule has 0 saturated carbocycles. The zero-order valence-electron chi connectivity index (χ0n) is 11.4. The third kappa shape index (κ3) is 2.66. The fourth-order valence-corrected chi connectivity index (χ4v) is 2.26. The first-order chi connectivity index (χ1) is 9.54. The van der Waals surface area contributed by atoms with Crippen LogP contribution in [0.3, 0.4) is 0 Å². The Morgan fingerprint density at radius 1 is 1.45 bits per heavy atom. The zero-order chi connectivity index (χ0) is 14.7. The highest BCUT2D eigenvalue weighted by atomic mass is 16.5. The molecule has 0 spiro atoms. The number of fused-ring (bicyclic) bond motifs is 1. The molecular weight excluding hydrogens is 264 g/mol. The van der Waals surface area contributed by atoms with Crippen LogP contribution in [0.2, 0.25) is 0 Å². The summed E-state index contributed by atoms with van der Waals surface area (Å²) in [5.41, 5.74) is 4.14. The Balaban J connectivity index is 2.30. The van der Waals surface area contributed by atoms with Gasteiger partial charge < -0.3 is 14.3 Å². The van der Waals surface area contributed by atoms with Gasteiger partial charge in [0.15, 0.2) is 0 Å². The van der Waals surface area contributed by atoms with Gasteiger partial charge in [0.25, 0.3) is 0 Å². The smallest absolute Gasteiger partial charge is 0.427 e. The van der Waals surface area contributed by atoms with Crippen molar-refractivity contribution in [2.24, 2.45) is 5.10 Å². The number of hydrogen-bond donors (Lipinski definition) is 2. The summed E-state index contributed by atoms with van der Waals surface area (Å²) in [7, 11) is 0. The number of hydrazone groups is 1. The molecule has 0 aliphatic heterocycles. The highest BCUT2D eigenvalue weighted by Gasteiger charge is 2.27. The maximum atomic E-state index is 11.2. The largest absolute Gasteiger partial charge is 0.475 e. The standard InChI is InChI=1S/C13H16N2O5/c1-3-19-13(18)15-14-8-5-4-6-9-10(8)7(2)11(20-9)12(16)17/h3-6H2,1-2H3,(H,15,18)(H,16,17)/b14-8+. The van der Waals surface area contributed by atoms with E-state index in [9.17, 15) is 9.59 Å². The van der Waals surface area contributed by atoms with E-state index >= 15 is 0 Å². The predicted octanol–water partition coefficient (Wildman–Crippen LogP) is 2.07. The van der Waals surface area contributed by atoms with Crippen LogP contribution in [0.5, 0.6) is 0 Å². The van der Waals surface area contributed by atoms with Crippen molar-refractivity contribution >= 4 is 17.8 Å². The van der Waals surface area contributed by atoms with Crippen LogP contribution in [-0.2, 0) is 11.2 Å². The minimum atomic E-state index is -1.10. The Hall–Kier alpha value is -2.31. The van der Waals surface area contributed by atoms with Gasteiger partial charge in [-0.3, -0.25) is 0 Å². The van der Waals surface area contributed by atoms with Crippen LogP contribution in [0.4, 0.5) is 4.79 Å². The fraction of sp³-hybridized carbons (Fsp3) is 0.462. The van der Waals surface area contributed by atoms with Crippen molar-refractivity contribution in [2.75, 3.05) is 6.61 Å². The van der Waals surface area contributed by atoms with E-state index in [0.717, 1.165) is 6.42 Å². The maximum absolute atomic E-state index is 11.2. The van der Waals surface area contributed by atoms with E-state index in [1.54, 1.807) is 13.8 Å². The van der Waals surface area contributed by atoms with Gasteiger partial charge in [0.1, 0.15) is 5.76 Å². The van der Waals surface area contributed by atoms with Crippen molar-refractivity contribution in [3.8, 4) is 0 Å². The lowest BCUT2D eigenvalue weighted by Gasteiger charge is -2.13. The van der Waals surface area contributed by atoms with Gasteiger partial charge in [-0.05, 0) is 26.7 Å². The van der Waals surface area contributed by atoms with Gasteiger partial charge >= 0.3 is 12.1 Å². The van der Waals surface area contributed by atoms with E-state index in [1.807, 2.05) is 0 Å². The summed E-state index contributed by atoms with van der Waals surface area (Å²) in [5, 5.41) is 13.1. The summed E-state index contributed by atoms with van der Waals surface area (Å²) in [6.45, 7) is 3.64. The topological polar surface area (TPSA) is 101 Å². The fourth-order valence-electron chi connectivity index (χ4n) is 2.26. The summed E-state index contributed by atoms with van der Waals surface area (Å²) in [6, 6.07) is 0. The molecule has 1 aromatic heterocycles. The third-order valence-electron chi connectivity index (χ3n) is 3.08. The summed E-state index contributed by atoms with van der Waals surface area (Å²) in [4.78, 5) is 22.3. The molecule has 1 amide bonds. The normalized spacial score (nSPS) is 15.8. The zero-order valence-corrected chi connectivity index (χ0v) is 11.4. The number of furan rings is 1. The number of rotatable bonds is 3. The van der Waals surface area contributed by atoms with Gasteiger partial charge in [-0.2, -0.15) is 5.10 Å². The molecule has 1 heterocycles. The maximum Gasteiger partial charge on any atom is 0.427 e. The van der Waals surface area contributed by atoms with Gasteiger partial charge in [-0.15, -0.1) is 0 Å². The molecular formula is C13H16N2O5. The molecule has 20 heavy (non-hydrogen) atoms. The van der Waals surface area contributed by atoms with Crippen LogP contribution in [0.25, 0.3) is 0 Å². The second-order valence-electron chi connectivity index (χ2n) is 4.40. The lowest BCUT2D eigenvalue weighted by molar-refractivity contribution is 0.0659. The summed E-state index contributed by atoms with van der Waals surface area (Å²) in [6.07, 6.45) is 1.48. The summed E-state index contributed by atoms with van der Waals surface area (Å²) >= 11 is 0. The first-order valence-electron chi connectivity index (χ1n) is 6.39. The van der Waals surface area contributed by atoms with E-state index in [0.29, 0.717) is 35.4 Å². The van der Waals surface area contributed by atoms with Crippen molar-refractivity contribution in [1.82, 2.24) is 5.43 Å². The van der Waals surface area contributed by atoms with Crippen LogP contribution in [0, 0.1) is 6.92 Å². The number of carboxylic acids is 1. The molecule has 108 valence electrons. The van der Waals surface area contributed by atoms with E-state index in [-0.39, 0.29) is 12.4 Å². The molecule has 1 aliphatic rings. The lowest BCUT2D eigenvalue weighted by atomic mass is 9.93. The quantitative estimate of drug-likeness (QED) is 0.825. The van der Waals surface area contributed by atoms with Crippen molar-refractivity contribution in [1.29, 1.82) is 0 Å². The molecule has 0 fully saturated rings. The molecule has 2 N–H and O–H groups in total. The molecule has 0 bridgehead atoms. The monoisotopic (exact) mass is 280 g/mol. The molecule has 7 nitrogen and oxygen atoms in total. The molecule has 0 saturated heterocycles. The van der Waals surface area contributed by atoms with E-state index in [2.05, 4.69) is 10.5 Å². The number of nitrogens with zero attached hydrogens (tertiary/aromatic N) is 1. The average Bonchev–Trinajstić information content (AvgIpc) is 2.75. The van der Waals surface area contributed by atoms with Gasteiger partial charge in [0.2, 0.25) is 5.76 Å². The second-order valence-corrected chi connectivity index (χ2v) is 4.40. The first kappa shape index (κ1) is 14.1. The van der Waals surface area contributed by atoms with Gasteiger partial charge in [-0.1, -0.05) is 0 Å². The number of amides is 1. The number of hydrogen-bond acceptors (Lipinski definition) is 5. The molecule has 1 aliphatic carbocycles. The predicted molar refractivity (Wildman–Crippen MR) is 70.0 cm³/mol. The molecule has 0 radical (unpaired) electrons. The van der Waals surface area contributed by atoms with Gasteiger partial charge in [0, 0.05) is 17.5 Å². The average molecular weight is 280 g/mol. The Morgan fingerprint density at radius 3 is 2.85 bits per heavy atom. The Labute approximate surface area is 115 Å². The Morgan fingerprint density at radius 2 is 2.20 bits per heavy atom. The molecule has 7 heteroatoms. The number of ether oxygens (including phenoxy) is 1. The van der Waals surface area contributed by atoms with Gasteiger partial charge in [0.05, 0.1) is 12.3 Å². The van der Waals surface area contributed by atoms with Crippen molar-refractivity contribution in [3.63, 3.8) is 0 Å². The number of aromatic carboxylic acids is 1. The van der Waals surface area contributed by atoms with Crippen LogP contribution < -0.4 is 5.43 Å². The summed E-state index contributed by atoms with van der Waals surface area (Å²) < 4.78 is 10.1. The van der Waals surface area contributed by atoms with Crippen LogP contribution in [0.15, 0.2) is 9.52 Å². The number of carbonyl (C=O) groups is 2. The van der Waals surface area contributed by atoms with Crippen LogP contribution in [-0.4, -0.2) is 29.5 Å². The Kier molecular flexibility index (Phi) is 4.07. The second kappa shape index (κ2) is 5.77. The third-order valence-corrected chi connectivity index (χ3v) is 3.08. The van der Waals surface area contributed by atoms with Crippen LogP contribution >= 0.6 is 0 Å². The molecule has 1 aromatic rings. The lowest BCUT2D eigenvalue weighted by Crippen LogP contribution is -2.22. The minimum absolute atomic E-state index is 0.0688. The highest BCUT2D eigenvalue weighted by Crippen LogP contribution is 2.29. The number of carbonyl (C=O) groups excluding carboxylic acids is 1. The van der Waals surface area contributed by atoms with E-state index < -0.39 is 12.1 Å². The Bertz CT molecular complexity index is 574. The van der Waals surface area contributed by atoms with Gasteiger partial charge in [-0.25, -0.2) is 15.0 Å². The molecule has 0 atom stereocenters. The molecule has 0 aromatic carbocycles. The van der Waals surface area contributed by atoms with Crippen molar-refractivity contribution in [2.45, 2.75) is 33.1 Å². The number of nitrogens with one attached hydrogen (secondary N) is 1. The van der Waals surface area contributed by atoms with E-state index in [4.69, 9.17) is 14.3 Å². The first-order valence-corrected chi connectivity index (χ1v) is 6.39. The SMILES string of the molecule is CCOC(=O)N/N=C1\CCCc2oc(C(=O)O)c(C)c21. The van der Waals surface area contributed by atoms with Crippen LogP contribution in [0.1, 0.15) is 47.2 Å². The van der Waals surface area contributed by atoms with Crippen molar-refractivity contribution in [3.05, 3.63) is 22.6 Å². The molecule has 2 rings (SSSR count). The van der Waals surface area contributed by atoms with Crippen molar-refractivity contribution < 1.29 is 23.8 Å². The molecule has 0 unspecified atom stereocenters. The summed E-state index contributed by atoms with van der Waals surface area (Å²) in [5.74, 6) is -0.564. The highest BCUT2D eigenvalue weighted by molar-refractivity contribution is 6.05.